The second-order valence-electron chi connectivity index (χ2n) is 7.13. The summed E-state index contributed by atoms with van der Waals surface area (Å²) in [5.74, 6) is 0.780. The Morgan fingerprint density at radius 3 is 2.70 bits per heavy atom. The molecule has 0 bridgehead atoms. The summed E-state index contributed by atoms with van der Waals surface area (Å²) in [6.45, 7) is 8.94. The number of amides is 3. The zero-order valence-corrected chi connectivity index (χ0v) is 17.0. The number of thiazole rings is 1. The third-order valence-corrected chi connectivity index (χ3v) is 6.35. The fourth-order valence-electron chi connectivity index (χ4n) is 3.68. The van der Waals surface area contributed by atoms with Gasteiger partial charge in [0.25, 0.3) is 5.91 Å². The lowest BCUT2D eigenvalue weighted by molar-refractivity contribution is -0.125. The van der Waals surface area contributed by atoms with Crippen LogP contribution in [-0.2, 0) is 17.8 Å². The van der Waals surface area contributed by atoms with Gasteiger partial charge in [0.1, 0.15) is 5.54 Å². The minimum absolute atomic E-state index is 0.119. The maximum Gasteiger partial charge on any atom is 0.322 e. The van der Waals surface area contributed by atoms with Crippen molar-refractivity contribution in [3.05, 3.63) is 16.1 Å². The number of guanidine groups is 1. The van der Waals surface area contributed by atoms with Gasteiger partial charge in [0.05, 0.1) is 17.2 Å². The van der Waals surface area contributed by atoms with E-state index >= 15 is 0 Å². The Balaban J connectivity index is 1.62. The summed E-state index contributed by atoms with van der Waals surface area (Å²) in [5, 5.41) is 11.7. The van der Waals surface area contributed by atoms with Crippen molar-refractivity contribution in [2.45, 2.75) is 52.1 Å². The van der Waals surface area contributed by atoms with Crippen LogP contribution in [0.4, 0.5) is 4.79 Å². The minimum Gasteiger partial charge on any atom is -0.357 e. The minimum atomic E-state index is -0.810. The Hall–Kier alpha value is -2.16. The van der Waals surface area contributed by atoms with Gasteiger partial charge in [0, 0.05) is 25.0 Å². The highest BCUT2D eigenvalue weighted by atomic mass is 32.1. The Labute approximate surface area is 163 Å². The topological polar surface area (TPSA) is 98.7 Å². The van der Waals surface area contributed by atoms with Crippen LogP contribution in [0.3, 0.4) is 0 Å². The second kappa shape index (κ2) is 8.24. The number of urea groups is 1. The van der Waals surface area contributed by atoms with Gasteiger partial charge in [-0.3, -0.25) is 10.1 Å². The summed E-state index contributed by atoms with van der Waals surface area (Å²) < 4.78 is 0. The number of aryl methyl sites for hydroxylation is 1. The van der Waals surface area contributed by atoms with Crippen molar-refractivity contribution >= 4 is 29.2 Å². The lowest BCUT2D eigenvalue weighted by Gasteiger charge is -2.39. The average molecular weight is 393 g/mol. The first-order chi connectivity index (χ1) is 13.0. The highest BCUT2D eigenvalue weighted by molar-refractivity contribution is 7.09. The van der Waals surface area contributed by atoms with Crippen LogP contribution in [0.25, 0.3) is 0 Å². The van der Waals surface area contributed by atoms with E-state index in [1.807, 2.05) is 6.92 Å². The molecule has 27 heavy (non-hydrogen) atoms. The van der Waals surface area contributed by atoms with Crippen molar-refractivity contribution in [3.8, 4) is 0 Å². The van der Waals surface area contributed by atoms with Gasteiger partial charge in [-0.15, -0.1) is 11.3 Å². The molecule has 0 radical (unpaired) electrons. The van der Waals surface area contributed by atoms with Crippen molar-refractivity contribution in [3.63, 3.8) is 0 Å². The number of carbonyl (C=O) groups excluding carboxylic acids is 2. The smallest absolute Gasteiger partial charge is 0.322 e. The van der Waals surface area contributed by atoms with Crippen molar-refractivity contribution < 1.29 is 9.59 Å². The summed E-state index contributed by atoms with van der Waals surface area (Å²) in [5.41, 5.74) is 0.190. The van der Waals surface area contributed by atoms with Crippen molar-refractivity contribution in [2.24, 2.45) is 10.9 Å². The van der Waals surface area contributed by atoms with Crippen LogP contribution in [0, 0.1) is 5.92 Å². The van der Waals surface area contributed by atoms with Crippen molar-refractivity contribution in [1.82, 2.24) is 25.8 Å². The molecule has 3 N–H and O–H groups in total. The molecule has 9 heteroatoms. The Bertz CT molecular complexity index is 725. The zero-order chi connectivity index (χ0) is 19.4. The molecule has 3 heterocycles. The van der Waals surface area contributed by atoms with Gasteiger partial charge in [0.2, 0.25) is 0 Å². The van der Waals surface area contributed by atoms with Crippen LogP contribution in [0.2, 0.25) is 0 Å². The van der Waals surface area contributed by atoms with Crippen molar-refractivity contribution in [1.29, 1.82) is 0 Å². The number of aromatic nitrogens is 1. The van der Waals surface area contributed by atoms with E-state index in [4.69, 9.17) is 4.99 Å². The first kappa shape index (κ1) is 19.6. The van der Waals surface area contributed by atoms with E-state index in [0.29, 0.717) is 6.54 Å². The fraction of sp³-hybridized carbons (Fsp3) is 0.667. The quantitative estimate of drug-likeness (QED) is 0.401. The van der Waals surface area contributed by atoms with E-state index in [0.717, 1.165) is 55.6 Å². The number of carbonyl (C=O) groups is 2. The fourth-order valence-corrected chi connectivity index (χ4v) is 4.41. The highest BCUT2D eigenvalue weighted by Gasteiger charge is 2.48. The van der Waals surface area contributed by atoms with Crippen LogP contribution >= 0.6 is 11.3 Å². The average Bonchev–Trinajstić information content (AvgIpc) is 3.23. The first-order valence-corrected chi connectivity index (χ1v) is 10.4. The standard InChI is InChI=1S/C18H28N6O2S/c1-4-14-21-13(11-27-14)10-20-16(19-5-2)24-8-6-12(7-9-24)18(3)15(25)22-17(26)23-18/h11-12H,4-10H2,1-3H3,(H,19,20)(H2,22,23,25,26). The molecule has 0 spiro atoms. The molecular formula is C18H28N6O2S. The maximum atomic E-state index is 12.2. The molecule has 3 amide bonds. The third kappa shape index (κ3) is 4.23. The summed E-state index contributed by atoms with van der Waals surface area (Å²) >= 11 is 1.68. The maximum absolute atomic E-state index is 12.2. The SMILES string of the molecule is CCNC(=NCc1csc(CC)n1)N1CCC(C2(C)NC(=O)NC2=O)CC1. The molecule has 2 aliphatic heterocycles. The monoisotopic (exact) mass is 392 g/mol. The molecular weight excluding hydrogens is 364 g/mol. The number of nitrogens with one attached hydrogen (secondary N) is 3. The van der Waals surface area contributed by atoms with Crippen LogP contribution in [0.15, 0.2) is 10.4 Å². The Kier molecular flexibility index (Phi) is 5.98. The predicted molar refractivity (Wildman–Crippen MR) is 106 cm³/mol. The van der Waals surface area contributed by atoms with Crippen LogP contribution in [-0.4, -0.2) is 53.0 Å². The molecule has 1 atom stereocenters. The van der Waals surface area contributed by atoms with Gasteiger partial charge in [-0.2, -0.15) is 0 Å². The van der Waals surface area contributed by atoms with E-state index in [-0.39, 0.29) is 11.8 Å². The Morgan fingerprint density at radius 2 is 2.15 bits per heavy atom. The number of hydrogen-bond donors (Lipinski definition) is 3. The number of aliphatic imine (C=N–C) groups is 1. The predicted octanol–water partition coefficient (Wildman–Crippen LogP) is 1.48. The number of imide groups is 1. The van der Waals surface area contributed by atoms with E-state index < -0.39 is 11.6 Å². The van der Waals surface area contributed by atoms with Gasteiger partial charge in [0.15, 0.2) is 5.96 Å². The number of rotatable bonds is 5. The second-order valence-corrected chi connectivity index (χ2v) is 8.07. The van der Waals surface area contributed by atoms with Crippen LogP contribution in [0.5, 0.6) is 0 Å². The molecule has 2 fully saturated rings. The molecule has 1 unspecified atom stereocenters. The molecule has 0 aromatic carbocycles. The van der Waals surface area contributed by atoms with Gasteiger partial charge in [-0.05, 0) is 39.0 Å². The third-order valence-electron chi connectivity index (χ3n) is 5.31. The lowest BCUT2D eigenvalue weighted by Crippen LogP contribution is -2.55. The van der Waals surface area contributed by atoms with Gasteiger partial charge in [-0.1, -0.05) is 6.92 Å². The summed E-state index contributed by atoms with van der Waals surface area (Å²) in [7, 11) is 0. The summed E-state index contributed by atoms with van der Waals surface area (Å²) in [4.78, 5) is 35.2. The van der Waals surface area contributed by atoms with Gasteiger partial charge < -0.3 is 15.5 Å². The zero-order valence-electron chi connectivity index (χ0n) is 16.2. The normalized spacial score (nSPS) is 24.1. The number of piperidine rings is 1. The molecule has 2 saturated heterocycles. The highest BCUT2D eigenvalue weighted by Crippen LogP contribution is 2.30. The van der Waals surface area contributed by atoms with E-state index in [1.54, 1.807) is 11.3 Å². The number of hydrogen-bond acceptors (Lipinski definition) is 5. The lowest BCUT2D eigenvalue weighted by atomic mass is 9.79. The van der Waals surface area contributed by atoms with E-state index in [2.05, 4.69) is 45.1 Å². The van der Waals surface area contributed by atoms with Crippen LogP contribution in [0.1, 0.15) is 44.3 Å². The summed E-state index contributed by atoms with van der Waals surface area (Å²) in [6, 6.07) is -0.394. The molecule has 1 aromatic heterocycles. The first-order valence-electron chi connectivity index (χ1n) is 9.56. The largest absolute Gasteiger partial charge is 0.357 e. The summed E-state index contributed by atoms with van der Waals surface area (Å²) in [6.07, 6.45) is 2.60. The number of likely N-dealkylation sites (tertiary alicyclic amines) is 1. The van der Waals surface area contributed by atoms with Gasteiger partial charge in [-0.25, -0.2) is 14.8 Å². The number of nitrogens with zero attached hydrogens (tertiary/aromatic N) is 3. The molecule has 1 aromatic rings. The molecule has 0 aliphatic carbocycles. The molecule has 2 aliphatic rings. The molecule has 3 rings (SSSR count). The van der Waals surface area contributed by atoms with E-state index in [9.17, 15) is 9.59 Å². The van der Waals surface area contributed by atoms with Crippen molar-refractivity contribution in [2.75, 3.05) is 19.6 Å². The molecule has 148 valence electrons. The molecule has 8 nitrogen and oxygen atoms in total. The van der Waals surface area contributed by atoms with Gasteiger partial charge >= 0.3 is 6.03 Å². The van der Waals surface area contributed by atoms with E-state index in [1.165, 1.54) is 0 Å². The Morgan fingerprint density at radius 1 is 1.41 bits per heavy atom. The van der Waals surface area contributed by atoms with Crippen LogP contribution < -0.4 is 16.0 Å². The molecule has 0 saturated carbocycles.